The number of furan rings is 1. The van der Waals surface area contributed by atoms with Gasteiger partial charge in [-0.15, -0.1) is 11.8 Å². The van der Waals surface area contributed by atoms with Gasteiger partial charge in [-0.1, -0.05) is 24.3 Å². The summed E-state index contributed by atoms with van der Waals surface area (Å²) < 4.78 is 8.25. The average Bonchev–Trinajstić information content (AvgIpc) is 3.34. The SMILES string of the molecule is Cc1oc2ncnc(N(I)C3(C)CC3)c2c1C(=O)N1CCC2(CC1)SCc1ccccc12. The fraction of sp³-hybridized carbons (Fsp3) is 0.458. The van der Waals surface area contributed by atoms with E-state index in [0.29, 0.717) is 17.0 Å². The number of hydrogen-bond acceptors (Lipinski definition) is 6. The lowest BCUT2D eigenvalue weighted by Gasteiger charge is -2.39. The first kappa shape index (κ1) is 20.8. The Morgan fingerprint density at radius 1 is 1.19 bits per heavy atom. The highest BCUT2D eigenvalue weighted by Crippen LogP contribution is 2.53. The number of anilines is 1. The van der Waals surface area contributed by atoms with Gasteiger partial charge in [-0.25, -0.2) is 9.97 Å². The number of hydrogen-bond donors (Lipinski definition) is 0. The summed E-state index contributed by atoms with van der Waals surface area (Å²) in [4.78, 5) is 24.7. The highest BCUT2D eigenvalue weighted by atomic mass is 127. The summed E-state index contributed by atoms with van der Waals surface area (Å²) in [5.74, 6) is 2.51. The Labute approximate surface area is 205 Å². The van der Waals surface area contributed by atoms with Gasteiger partial charge in [0, 0.05) is 29.1 Å². The summed E-state index contributed by atoms with van der Waals surface area (Å²) in [5.41, 5.74) is 4.12. The molecule has 0 radical (unpaired) electrons. The molecule has 1 aliphatic carbocycles. The zero-order valence-electron chi connectivity index (χ0n) is 18.2. The second kappa shape index (κ2) is 7.35. The van der Waals surface area contributed by atoms with E-state index in [0.717, 1.165) is 55.7 Å². The molecule has 1 aromatic carbocycles. The Balaban J connectivity index is 1.31. The summed E-state index contributed by atoms with van der Waals surface area (Å²) in [7, 11) is 0. The van der Waals surface area contributed by atoms with Gasteiger partial charge in [0.2, 0.25) is 5.71 Å². The van der Waals surface area contributed by atoms with Crippen LogP contribution in [0, 0.1) is 6.92 Å². The van der Waals surface area contributed by atoms with Crippen molar-refractivity contribution in [3.05, 3.63) is 53.0 Å². The van der Waals surface area contributed by atoms with Gasteiger partial charge in [-0.2, -0.15) is 0 Å². The van der Waals surface area contributed by atoms with Crippen molar-refractivity contribution in [3.63, 3.8) is 0 Å². The van der Waals surface area contributed by atoms with Crippen LogP contribution in [0.25, 0.3) is 11.1 Å². The third-order valence-corrected chi connectivity index (χ3v) is 10.6. The first-order valence-corrected chi connectivity index (χ1v) is 13.1. The van der Waals surface area contributed by atoms with Crippen molar-refractivity contribution < 1.29 is 9.21 Å². The monoisotopic (exact) mass is 560 g/mol. The summed E-state index contributed by atoms with van der Waals surface area (Å²) >= 11 is 4.37. The molecule has 32 heavy (non-hydrogen) atoms. The number of fused-ring (bicyclic) bond motifs is 3. The molecular weight excluding hydrogens is 535 g/mol. The van der Waals surface area contributed by atoms with Gasteiger partial charge in [0.1, 0.15) is 12.1 Å². The maximum atomic E-state index is 13.8. The minimum absolute atomic E-state index is 0.0363. The number of aryl methyl sites for hydroxylation is 1. The fourth-order valence-electron chi connectivity index (χ4n) is 5.10. The number of piperidine rings is 1. The van der Waals surface area contributed by atoms with Gasteiger partial charge in [-0.3, -0.25) is 7.91 Å². The summed E-state index contributed by atoms with van der Waals surface area (Å²) in [6.07, 6.45) is 5.74. The highest BCUT2D eigenvalue weighted by Gasteiger charge is 2.46. The van der Waals surface area contributed by atoms with Crippen LogP contribution in [0.1, 0.15) is 59.9 Å². The maximum absolute atomic E-state index is 13.8. The molecule has 1 spiro atoms. The van der Waals surface area contributed by atoms with E-state index < -0.39 is 0 Å². The summed E-state index contributed by atoms with van der Waals surface area (Å²) in [5, 5.41) is 0.749. The molecule has 0 bridgehead atoms. The summed E-state index contributed by atoms with van der Waals surface area (Å²) in [6.45, 7) is 5.59. The number of thioether (sulfide) groups is 1. The molecule has 166 valence electrons. The quantitative estimate of drug-likeness (QED) is 0.306. The molecule has 6 rings (SSSR count). The van der Waals surface area contributed by atoms with Gasteiger partial charge < -0.3 is 9.32 Å². The van der Waals surface area contributed by atoms with E-state index >= 15 is 0 Å². The van der Waals surface area contributed by atoms with Crippen molar-refractivity contribution in [3.8, 4) is 0 Å². The number of halogens is 1. The Hall–Kier alpha value is -1.81. The first-order chi connectivity index (χ1) is 15.4. The van der Waals surface area contributed by atoms with Gasteiger partial charge in [-0.05, 0) is 50.7 Å². The molecule has 3 aliphatic rings. The Morgan fingerprint density at radius 3 is 2.69 bits per heavy atom. The molecule has 3 aromatic rings. The lowest BCUT2D eigenvalue weighted by molar-refractivity contribution is 0.0704. The van der Waals surface area contributed by atoms with E-state index in [9.17, 15) is 4.79 Å². The van der Waals surface area contributed by atoms with Crippen LogP contribution in [0.4, 0.5) is 5.82 Å². The van der Waals surface area contributed by atoms with Crippen molar-refractivity contribution in [1.29, 1.82) is 0 Å². The van der Waals surface area contributed by atoms with Crippen molar-refractivity contribution in [2.75, 3.05) is 16.2 Å². The lowest BCUT2D eigenvalue weighted by Crippen LogP contribution is -2.43. The van der Waals surface area contributed by atoms with E-state index in [4.69, 9.17) is 4.42 Å². The molecule has 1 saturated carbocycles. The number of benzene rings is 1. The van der Waals surface area contributed by atoms with E-state index in [2.05, 4.69) is 67.1 Å². The Bertz CT molecular complexity index is 1230. The van der Waals surface area contributed by atoms with Crippen LogP contribution < -0.4 is 3.11 Å². The van der Waals surface area contributed by atoms with Gasteiger partial charge >= 0.3 is 0 Å². The van der Waals surface area contributed by atoms with Crippen LogP contribution in [-0.4, -0.2) is 39.4 Å². The number of carbonyl (C=O) groups excluding carboxylic acids is 1. The van der Waals surface area contributed by atoms with Crippen molar-refractivity contribution in [1.82, 2.24) is 14.9 Å². The van der Waals surface area contributed by atoms with Crippen LogP contribution in [0.3, 0.4) is 0 Å². The van der Waals surface area contributed by atoms with Gasteiger partial charge in [0.05, 0.1) is 33.8 Å². The van der Waals surface area contributed by atoms with E-state index in [1.807, 2.05) is 23.6 Å². The molecule has 0 unspecified atom stereocenters. The number of aromatic nitrogens is 2. The largest absolute Gasteiger partial charge is 0.442 e. The molecule has 2 aliphatic heterocycles. The Morgan fingerprint density at radius 2 is 1.94 bits per heavy atom. The van der Waals surface area contributed by atoms with Crippen LogP contribution in [-0.2, 0) is 10.5 Å². The van der Waals surface area contributed by atoms with Gasteiger partial charge in [0.15, 0.2) is 5.82 Å². The second-order valence-electron chi connectivity index (χ2n) is 9.42. The van der Waals surface area contributed by atoms with Crippen molar-refractivity contribution >= 4 is 57.5 Å². The van der Waals surface area contributed by atoms with Crippen LogP contribution in [0.2, 0.25) is 0 Å². The van der Waals surface area contributed by atoms with E-state index in [-0.39, 0.29) is 16.2 Å². The first-order valence-electron chi connectivity index (χ1n) is 11.1. The molecule has 0 N–H and O–H groups in total. The second-order valence-corrected chi connectivity index (χ2v) is 11.7. The van der Waals surface area contributed by atoms with E-state index in [1.165, 1.54) is 17.5 Å². The number of rotatable bonds is 3. The van der Waals surface area contributed by atoms with Crippen molar-refractivity contribution in [2.24, 2.45) is 0 Å². The minimum Gasteiger partial charge on any atom is -0.442 e. The smallest absolute Gasteiger partial charge is 0.258 e. The predicted molar refractivity (Wildman–Crippen MR) is 135 cm³/mol. The molecule has 2 fully saturated rings. The predicted octanol–water partition coefficient (Wildman–Crippen LogP) is 5.62. The third kappa shape index (κ3) is 3.09. The lowest BCUT2D eigenvalue weighted by atomic mass is 9.86. The average molecular weight is 560 g/mol. The molecule has 2 aromatic heterocycles. The zero-order chi connectivity index (χ0) is 22.1. The third-order valence-electron chi connectivity index (χ3n) is 7.36. The molecule has 4 heterocycles. The number of likely N-dealkylation sites (tertiary alicyclic amines) is 1. The topological polar surface area (TPSA) is 62.5 Å². The Kier molecular flexibility index (Phi) is 4.77. The molecule has 1 saturated heterocycles. The molecule has 0 atom stereocenters. The number of amides is 1. The standard InChI is InChI=1S/C24H25IN4O2S/c1-15-18(19-20(26-14-27-21(19)31-15)29(25)23(2)7-8-23)22(30)28-11-9-24(10-12-28)17-6-4-3-5-16(17)13-32-24/h3-6,14H,7-13H2,1-2H3. The highest BCUT2D eigenvalue weighted by molar-refractivity contribution is 14.1. The number of carbonyl (C=O) groups is 1. The maximum Gasteiger partial charge on any atom is 0.258 e. The van der Waals surface area contributed by atoms with Gasteiger partial charge in [0.25, 0.3) is 5.91 Å². The molecule has 8 heteroatoms. The molecule has 6 nitrogen and oxygen atoms in total. The fourth-order valence-corrected chi connectivity index (χ4v) is 7.45. The number of nitrogens with zero attached hydrogens (tertiary/aromatic N) is 4. The normalized spacial score (nSPS) is 20.5. The van der Waals surface area contributed by atoms with Crippen LogP contribution in [0.15, 0.2) is 35.0 Å². The zero-order valence-corrected chi connectivity index (χ0v) is 21.2. The van der Waals surface area contributed by atoms with Crippen LogP contribution >= 0.6 is 34.6 Å². The minimum atomic E-state index is 0.0363. The molecular formula is C24H25IN4O2S. The summed E-state index contributed by atoms with van der Waals surface area (Å²) in [6, 6.07) is 8.79. The van der Waals surface area contributed by atoms with E-state index in [1.54, 1.807) is 0 Å². The molecule has 1 amide bonds. The van der Waals surface area contributed by atoms with Crippen molar-refractivity contribution in [2.45, 2.75) is 55.6 Å². The van der Waals surface area contributed by atoms with Crippen LogP contribution in [0.5, 0.6) is 0 Å².